The van der Waals surface area contributed by atoms with E-state index >= 15 is 0 Å². The minimum atomic E-state index is -0.0501. The number of fused-ring (bicyclic) bond motifs is 3. The molecular formula is C16H18ClN3O3S. The largest absolute Gasteiger partial charge is 0.401 e. The van der Waals surface area contributed by atoms with Gasteiger partial charge in [0.05, 0.1) is 11.1 Å². The molecule has 2 aromatic rings. The minimum absolute atomic E-state index is 0.0501. The molecule has 8 heteroatoms. The van der Waals surface area contributed by atoms with Crippen LogP contribution in [0.3, 0.4) is 0 Å². The molecule has 6 nitrogen and oxygen atoms in total. The van der Waals surface area contributed by atoms with Crippen molar-refractivity contribution in [2.24, 2.45) is 5.92 Å². The Morgan fingerprint density at radius 3 is 2.92 bits per heavy atom. The minimum Gasteiger partial charge on any atom is -0.400 e. The Balaban J connectivity index is 1.41. The van der Waals surface area contributed by atoms with Crippen molar-refractivity contribution in [1.29, 1.82) is 0 Å². The van der Waals surface area contributed by atoms with E-state index in [1.54, 1.807) is 12.1 Å². The van der Waals surface area contributed by atoms with Crippen molar-refractivity contribution in [1.82, 2.24) is 15.2 Å². The van der Waals surface area contributed by atoms with Gasteiger partial charge in [0.2, 0.25) is 5.22 Å². The third kappa shape index (κ3) is 3.03. The highest BCUT2D eigenvalue weighted by molar-refractivity contribution is 7.15. The molecule has 2 aromatic heterocycles. The molecule has 1 amide bonds. The molecule has 0 aliphatic carbocycles. The number of nitrogens with one attached hydrogen (secondary N) is 1. The van der Waals surface area contributed by atoms with Crippen LogP contribution in [0, 0.1) is 5.92 Å². The van der Waals surface area contributed by atoms with Gasteiger partial charge in [0.25, 0.3) is 5.91 Å². The average molecular weight is 368 g/mol. The van der Waals surface area contributed by atoms with Crippen LogP contribution in [0.15, 0.2) is 22.7 Å². The molecule has 24 heavy (non-hydrogen) atoms. The summed E-state index contributed by atoms with van der Waals surface area (Å²) in [7, 11) is 0. The van der Waals surface area contributed by atoms with E-state index in [-0.39, 0.29) is 23.2 Å². The second-order valence-electron chi connectivity index (χ2n) is 6.26. The molecule has 2 bridgehead atoms. The van der Waals surface area contributed by atoms with Gasteiger partial charge in [-0.05, 0) is 62.5 Å². The monoisotopic (exact) mass is 367 g/mol. The normalized spacial score (nSPS) is 28.8. The molecule has 2 unspecified atom stereocenters. The molecule has 5 rings (SSSR count). The van der Waals surface area contributed by atoms with E-state index in [4.69, 9.17) is 20.8 Å². The summed E-state index contributed by atoms with van der Waals surface area (Å²) in [4.78, 5) is 19.5. The van der Waals surface area contributed by atoms with Crippen LogP contribution in [-0.4, -0.2) is 41.0 Å². The van der Waals surface area contributed by atoms with Crippen molar-refractivity contribution < 1.29 is 13.9 Å². The summed E-state index contributed by atoms with van der Waals surface area (Å²) in [5, 5.41) is 3.92. The molecule has 128 valence electrons. The lowest BCUT2D eigenvalue weighted by Crippen LogP contribution is -2.62. The zero-order valence-corrected chi connectivity index (χ0v) is 14.8. The molecular weight excluding hydrogens is 350 g/mol. The fraction of sp³-hybridized carbons (Fsp3) is 0.500. The van der Waals surface area contributed by atoms with Gasteiger partial charge in [-0.25, -0.2) is 0 Å². The number of nitrogens with zero attached hydrogens (tertiary/aromatic N) is 2. The van der Waals surface area contributed by atoms with Gasteiger partial charge in [-0.15, -0.1) is 0 Å². The van der Waals surface area contributed by atoms with Crippen molar-refractivity contribution in [2.45, 2.75) is 31.8 Å². The molecule has 0 aromatic carbocycles. The highest BCUT2D eigenvalue weighted by Crippen LogP contribution is 2.33. The summed E-state index contributed by atoms with van der Waals surface area (Å²) in [6.45, 7) is 4.49. The first-order valence-electron chi connectivity index (χ1n) is 8.04. The maximum Gasteiger partial charge on any atom is 0.401 e. The molecule has 3 saturated heterocycles. The van der Waals surface area contributed by atoms with Gasteiger partial charge >= 0.3 is 6.08 Å². The second-order valence-corrected chi connectivity index (χ2v) is 7.68. The number of rotatable bonds is 4. The number of carbonyl (C=O) groups is 1. The number of hydrogen-bond acceptors (Lipinski definition) is 6. The van der Waals surface area contributed by atoms with E-state index in [0.717, 1.165) is 13.1 Å². The predicted octanol–water partition coefficient (Wildman–Crippen LogP) is 3.39. The second kappa shape index (κ2) is 6.38. The Kier molecular flexibility index (Phi) is 4.24. The van der Waals surface area contributed by atoms with Crippen LogP contribution in [0.25, 0.3) is 0 Å². The molecule has 3 fully saturated rings. The summed E-state index contributed by atoms with van der Waals surface area (Å²) in [6.07, 6.45) is 3.77. The van der Waals surface area contributed by atoms with Crippen LogP contribution in [-0.2, 0) is 0 Å². The SMILES string of the molecule is CC1C(NC(=O)c2ccc(Oc3ncc(Cl)o3)s2)C2CCN1CC2. The first kappa shape index (κ1) is 15.9. The molecule has 2 atom stereocenters. The van der Waals surface area contributed by atoms with Crippen LogP contribution in [0.4, 0.5) is 0 Å². The van der Waals surface area contributed by atoms with E-state index in [9.17, 15) is 4.79 Å². The Labute approximate surface area is 148 Å². The number of aromatic nitrogens is 1. The van der Waals surface area contributed by atoms with Crippen LogP contribution < -0.4 is 10.1 Å². The number of amides is 1. The predicted molar refractivity (Wildman–Crippen MR) is 90.9 cm³/mol. The fourth-order valence-corrected chi connectivity index (χ4v) is 4.51. The lowest BCUT2D eigenvalue weighted by Gasteiger charge is -2.49. The van der Waals surface area contributed by atoms with E-state index < -0.39 is 0 Å². The van der Waals surface area contributed by atoms with Gasteiger partial charge < -0.3 is 14.5 Å². The topological polar surface area (TPSA) is 67.6 Å². The van der Waals surface area contributed by atoms with Crippen LogP contribution in [0.1, 0.15) is 29.4 Å². The Morgan fingerprint density at radius 2 is 2.25 bits per heavy atom. The summed E-state index contributed by atoms with van der Waals surface area (Å²) in [6, 6.07) is 4.10. The Morgan fingerprint density at radius 1 is 1.46 bits per heavy atom. The van der Waals surface area contributed by atoms with E-state index in [1.165, 1.54) is 30.4 Å². The third-order valence-electron chi connectivity index (χ3n) is 4.92. The number of ether oxygens (including phenoxy) is 1. The zero-order chi connectivity index (χ0) is 16.7. The fourth-order valence-electron chi connectivity index (χ4n) is 3.64. The van der Waals surface area contributed by atoms with Crippen LogP contribution in [0.2, 0.25) is 5.22 Å². The van der Waals surface area contributed by atoms with Crippen LogP contribution >= 0.6 is 22.9 Å². The van der Waals surface area contributed by atoms with Gasteiger partial charge in [-0.2, -0.15) is 4.98 Å². The Bertz CT molecular complexity index is 737. The van der Waals surface area contributed by atoms with Crippen molar-refractivity contribution in [3.63, 3.8) is 0 Å². The number of oxazole rings is 1. The molecule has 0 radical (unpaired) electrons. The highest BCUT2D eigenvalue weighted by atomic mass is 35.5. The molecule has 5 heterocycles. The van der Waals surface area contributed by atoms with Gasteiger partial charge in [-0.3, -0.25) is 9.69 Å². The maximum absolute atomic E-state index is 12.6. The van der Waals surface area contributed by atoms with Gasteiger partial charge in [0, 0.05) is 12.1 Å². The van der Waals surface area contributed by atoms with Crippen molar-refractivity contribution in [2.75, 3.05) is 13.1 Å². The van der Waals surface area contributed by atoms with E-state index in [0.29, 0.717) is 21.9 Å². The lowest BCUT2D eigenvalue weighted by atomic mass is 9.79. The Hall–Kier alpha value is -1.57. The van der Waals surface area contributed by atoms with Crippen LogP contribution in [0.5, 0.6) is 11.1 Å². The highest BCUT2D eigenvalue weighted by Gasteiger charge is 2.40. The van der Waals surface area contributed by atoms with Crippen molar-refractivity contribution in [3.8, 4) is 11.1 Å². The lowest BCUT2D eigenvalue weighted by molar-refractivity contribution is 0.0218. The van der Waals surface area contributed by atoms with Gasteiger partial charge in [0.15, 0.2) is 5.06 Å². The standard InChI is InChI=1S/C16H18ClN3O3S/c1-9-14(10-4-6-20(9)7-5-10)19-15(21)11-2-3-13(24-11)23-16-18-8-12(17)22-16/h2-3,8-10,14H,4-7H2,1H3,(H,19,21). The molecule has 3 aliphatic rings. The molecule has 1 N–H and O–H groups in total. The maximum atomic E-state index is 12.6. The number of halogens is 1. The molecule has 0 spiro atoms. The van der Waals surface area contributed by atoms with Gasteiger partial charge in [0.1, 0.15) is 0 Å². The number of piperidine rings is 3. The molecule has 3 aliphatic heterocycles. The first-order chi connectivity index (χ1) is 11.6. The zero-order valence-electron chi connectivity index (χ0n) is 13.2. The summed E-state index contributed by atoms with van der Waals surface area (Å²) in [5.74, 6) is 0.532. The first-order valence-corrected chi connectivity index (χ1v) is 9.23. The number of carbonyl (C=O) groups excluding carboxylic acids is 1. The average Bonchev–Trinajstić information content (AvgIpc) is 3.21. The number of hydrogen-bond donors (Lipinski definition) is 1. The summed E-state index contributed by atoms with van der Waals surface area (Å²) in [5.41, 5.74) is 0. The van der Waals surface area contributed by atoms with Gasteiger partial charge in [-0.1, -0.05) is 11.3 Å². The third-order valence-corrected chi connectivity index (χ3v) is 6.06. The summed E-state index contributed by atoms with van der Waals surface area (Å²) < 4.78 is 10.5. The summed E-state index contributed by atoms with van der Waals surface area (Å²) >= 11 is 6.93. The quantitative estimate of drug-likeness (QED) is 0.897. The van der Waals surface area contributed by atoms with Crippen molar-refractivity contribution >= 4 is 28.8 Å². The van der Waals surface area contributed by atoms with E-state index in [1.807, 2.05) is 0 Å². The van der Waals surface area contributed by atoms with Crippen molar-refractivity contribution in [3.05, 3.63) is 28.4 Å². The number of thiophene rings is 1. The smallest absolute Gasteiger partial charge is 0.400 e. The van der Waals surface area contributed by atoms with E-state index in [2.05, 4.69) is 22.1 Å². The molecule has 0 saturated carbocycles.